The molecular weight excluding hydrogens is 240 g/mol. The van der Waals surface area contributed by atoms with Crippen molar-refractivity contribution in [3.8, 4) is 11.3 Å². The van der Waals surface area contributed by atoms with Gasteiger partial charge in [-0.1, -0.05) is 30.3 Å². The van der Waals surface area contributed by atoms with Gasteiger partial charge in [0.1, 0.15) is 0 Å². The third-order valence-electron chi connectivity index (χ3n) is 3.51. The minimum absolute atomic E-state index is 0.777. The Balaban J connectivity index is 1.82. The van der Waals surface area contributed by atoms with Crippen molar-refractivity contribution in [2.75, 3.05) is 13.1 Å². The number of thiazole rings is 1. The van der Waals surface area contributed by atoms with Crippen LogP contribution in [-0.4, -0.2) is 18.1 Å². The fourth-order valence-corrected chi connectivity index (χ4v) is 3.61. The van der Waals surface area contributed by atoms with E-state index >= 15 is 0 Å². The van der Waals surface area contributed by atoms with Crippen molar-refractivity contribution in [3.05, 3.63) is 40.2 Å². The van der Waals surface area contributed by atoms with Crippen molar-refractivity contribution >= 4 is 11.3 Å². The van der Waals surface area contributed by atoms with Gasteiger partial charge in [-0.05, 0) is 32.4 Å². The second-order valence-corrected chi connectivity index (χ2v) is 6.23. The molecule has 1 aromatic carbocycles. The van der Waals surface area contributed by atoms with Gasteiger partial charge >= 0.3 is 0 Å². The van der Waals surface area contributed by atoms with Gasteiger partial charge in [0.2, 0.25) is 0 Å². The monoisotopic (exact) mass is 258 g/mol. The number of hydrogen-bond donors (Lipinski definition) is 1. The molecule has 0 spiro atoms. The summed E-state index contributed by atoms with van der Waals surface area (Å²) in [7, 11) is 0. The summed E-state index contributed by atoms with van der Waals surface area (Å²) in [6.07, 6.45) is 2.42. The molecule has 2 nitrogen and oxygen atoms in total. The maximum absolute atomic E-state index is 4.83. The van der Waals surface area contributed by atoms with Gasteiger partial charge in [-0.3, -0.25) is 0 Å². The first kappa shape index (κ1) is 11.9. The SMILES string of the molecule is Cc1sc(CC2CCNC2)nc1-c1ccccc1. The van der Waals surface area contributed by atoms with E-state index in [0.29, 0.717) is 0 Å². The van der Waals surface area contributed by atoms with Gasteiger partial charge in [0, 0.05) is 16.9 Å². The highest BCUT2D eigenvalue weighted by Gasteiger charge is 2.18. The van der Waals surface area contributed by atoms with Crippen LogP contribution in [0.5, 0.6) is 0 Å². The van der Waals surface area contributed by atoms with Crippen LogP contribution in [0.4, 0.5) is 0 Å². The molecule has 0 bridgehead atoms. The molecule has 1 atom stereocenters. The molecule has 2 heterocycles. The standard InChI is InChI=1S/C15H18N2S/c1-11-15(13-5-3-2-4-6-13)17-14(18-11)9-12-7-8-16-10-12/h2-6,12,16H,7-10H2,1H3. The molecule has 1 aliphatic rings. The zero-order valence-electron chi connectivity index (χ0n) is 10.6. The van der Waals surface area contributed by atoms with Crippen LogP contribution in [0.1, 0.15) is 16.3 Å². The highest BCUT2D eigenvalue weighted by molar-refractivity contribution is 7.12. The Bertz CT molecular complexity index is 513. The van der Waals surface area contributed by atoms with Crippen LogP contribution in [-0.2, 0) is 6.42 Å². The van der Waals surface area contributed by atoms with Gasteiger partial charge < -0.3 is 5.32 Å². The molecule has 3 heteroatoms. The van der Waals surface area contributed by atoms with E-state index in [1.807, 2.05) is 11.3 Å². The van der Waals surface area contributed by atoms with E-state index in [1.54, 1.807) is 0 Å². The second-order valence-electron chi connectivity index (χ2n) is 4.94. The maximum Gasteiger partial charge on any atom is 0.0938 e. The first-order chi connectivity index (χ1) is 8.83. The number of aryl methyl sites for hydroxylation is 1. The Hall–Kier alpha value is -1.19. The van der Waals surface area contributed by atoms with Crippen LogP contribution in [0.25, 0.3) is 11.3 Å². The van der Waals surface area contributed by atoms with E-state index in [2.05, 4.69) is 42.6 Å². The van der Waals surface area contributed by atoms with Crippen LogP contribution >= 0.6 is 11.3 Å². The lowest BCUT2D eigenvalue weighted by atomic mass is 10.1. The molecule has 0 saturated carbocycles. The highest BCUT2D eigenvalue weighted by Crippen LogP contribution is 2.29. The van der Waals surface area contributed by atoms with E-state index in [1.165, 1.54) is 34.1 Å². The summed E-state index contributed by atoms with van der Waals surface area (Å²) >= 11 is 1.86. The number of hydrogen-bond acceptors (Lipinski definition) is 3. The molecule has 1 fully saturated rings. The van der Waals surface area contributed by atoms with Gasteiger partial charge in [-0.2, -0.15) is 0 Å². The molecule has 0 aliphatic carbocycles. The van der Waals surface area contributed by atoms with Crippen molar-refractivity contribution in [3.63, 3.8) is 0 Å². The summed E-state index contributed by atoms with van der Waals surface area (Å²) in [6.45, 7) is 4.50. The van der Waals surface area contributed by atoms with Gasteiger partial charge in [-0.15, -0.1) is 11.3 Å². The van der Waals surface area contributed by atoms with Crippen LogP contribution in [0.3, 0.4) is 0 Å². The zero-order chi connectivity index (χ0) is 12.4. The maximum atomic E-state index is 4.83. The fraction of sp³-hybridized carbons (Fsp3) is 0.400. The molecule has 1 aliphatic heterocycles. The minimum Gasteiger partial charge on any atom is -0.316 e. The quantitative estimate of drug-likeness (QED) is 0.914. The Labute approximate surface area is 112 Å². The van der Waals surface area contributed by atoms with Gasteiger partial charge in [0.15, 0.2) is 0 Å². The summed E-state index contributed by atoms with van der Waals surface area (Å²) in [5.74, 6) is 0.777. The van der Waals surface area contributed by atoms with Crippen molar-refractivity contribution in [1.29, 1.82) is 0 Å². The molecule has 18 heavy (non-hydrogen) atoms. The summed E-state index contributed by atoms with van der Waals surface area (Å²) in [6, 6.07) is 10.5. The molecule has 0 amide bonds. The number of nitrogens with one attached hydrogen (secondary N) is 1. The lowest BCUT2D eigenvalue weighted by molar-refractivity contribution is 0.578. The first-order valence-electron chi connectivity index (χ1n) is 6.55. The molecule has 3 rings (SSSR count). The first-order valence-corrected chi connectivity index (χ1v) is 7.37. The van der Waals surface area contributed by atoms with Crippen LogP contribution < -0.4 is 5.32 Å². The third-order valence-corrected chi connectivity index (χ3v) is 4.51. The second kappa shape index (κ2) is 5.21. The molecule has 1 N–H and O–H groups in total. The average molecular weight is 258 g/mol. The fourth-order valence-electron chi connectivity index (χ4n) is 2.54. The van der Waals surface area contributed by atoms with E-state index in [-0.39, 0.29) is 0 Å². The normalized spacial score (nSPS) is 19.3. The van der Waals surface area contributed by atoms with Gasteiger partial charge in [0.25, 0.3) is 0 Å². The zero-order valence-corrected chi connectivity index (χ0v) is 11.5. The lowest BCUT2D eigenvalue weighted by Gasteiger charge is -2.03. The summed E-state index contributed by atoms with van der Waals surface area (Å²) < 4.78 is 0. The Morgan fingerprint density at radius 2 is 2.17 bits per heavy atom. The summed E-state index contributed by atoms with van der Waals surface area (Å²) in [5.41, 5.74) is 2.41. The Morgan fingerprint density at radius 1 is 1.33 bits per heavy atom. The van der Waals surface area contributed by atoms with E-state index in [4.69, 9.17) is 4.98 Å². The summed E-state index contributed by atoms with van der Waals surface area (Å²) in [5, 5.41) is 4.71. The van der Waals surface area contributed by atoms with Crippen LogP contribution in [0.15, 0.2) is 30.3 Å². The third kappa shape index (κ3) is 2.47. The van der Waals surface area contributed by atoms with E-state index in [9.17, 15) is 0 Å². The number of aromatic nitrogens is 1. The Morgan fingerprint density at radius 3 is 2.89 bits per heavy atom. The van der Waals surface area contributed by atoms with Crippen LogP contribution in [0.2, 0.25) is 0 Å². The molecule has 2 aromatic rings. The molecule has 1 unspecified atom stereocenters. The summed E-state index contributed by atoms with van der Waals surface area (Å²) in [4.78, 5) is 6.17. The topological polar surface area (TPSA) is 24.9 Å². The van der Waals surface area contributed by atoms with Gasteiger partial charge in [0.05, 0.1) is 10.7 Å². The predicted octanol–water partition coefficient (Wildman–Crippen LogP) is 3.27. The smallest absolute Gasteiger partial charge is 0.0938 e. The molecule has 1 aromatic heterocycles. The Kier molecular flexibility index (Phi) is 3.43. The van der Waals surface area contributed by atoms with Crippen molar-refractivity contribution in [2.24, 2.45) is 5.92 Å². The largest absolute Gasteiger partial charge is 0.316 e. The number of nitrogens with zero attached hydrogens (tertiary/aromatic N) is 1. The molecular formula is C15H18N2S. The molecule has 94 valence electrons. The predicted molar refractivity (Wildman–Crippen MR) is 77.0 cm³/mol. The van der Waals surface area contributed by atoms with Crippen molar-refractivity contribution in [1.82, 2.24) is 10.3 Å². The average Bonchev–Trinajstić information content (AvgIpc) is 3.01. The number of benzene rings is 1. The van der Waals surface area contributed by atoms with Crippen LogP contribution in [0, 0.1) is 12.8 Å². The lowest BCUT2D eigenvalue weighted by Crippen LogP contribution is -2.10. The van der Waals surface area contributed by atoms with Crippen molar-refractivity contribution < 1.29 is 0 Å². The van der Waals surface area contributed by atoms with Gasteiger partial charge in [-0.25, -0.2) is 4.98 Å². The minimum atomic E-state index is 0.777. The van der Waals surface area contributed by atoms with E-state index < -0.39 is 0 Å². The number of rotatable bonds is 3. The van der Waals surface area contributed by atoms with Crippen molar-refractivity contribution in [2.45, 2.75) is 19.8 Å². The molecule has 0 radical (unpaired) electrons. The highest BCUT2D eigenvalue weighted by atomic mass is 32.1. The molecule has 1 saturated heterocycles. The van der Waals surface area contributed by atoms with E-state index in [0.717, 1.165) is 18.9 Å².